The summed E-state index contributed by atoms with van der Waals surface area (Å²) in [5, 5.41) is 0. The highest BCUT2D eigenvalue weighted by molar-refractivity contribution is 7.89. The predicted octanol–water partition coefficient (Wildman–Crippen LogP) is 1.50. The van der Waals surface area contributed by atoms with Gasteiger partial charge < -0.3 is 9.47 Å². The molecule has 0 spiro atoms. The first-order valence-electron chi connectivity index (χ1n) is 6.50. The van der Waals surface area contributed by atoms with Crippen molar-refractivity contribution >= 4 is 16.0 Å². The van der Waals surface area contributed by atoms with Crippen molar-refractivity contribution in [1.29, 1.82) is 0 Å². The number of hydrogen-bond acceptors (Lipinski definition) is 5. The molecule has 7 heteroatoms. The normalized spacial score (nSPS) is 11.5. The van der Waals surface area contributed by atoms with E-state index >= 15 is 0 Å². The van der Waals surface area contributed by atoms with Crippen LogP contribution in [-0.2, 0) is 19.6 Å². The van der Waals surface area contributed by atoms with Gasteiger partial charge in [-0.1, -0.05) is 6.92 Å². The molecule has 0 aliphatic heterocycles. The van der Waals surface area contributed by atoms with Gasteiger partial charge in [0.1, 0.15) is 12.3 Å². The molecule has 6 nitrogen and oxygen atoms in total. The monoisotopic (exact) mass is 315 g/mol. The summed E-state index contributed by atoms with van der Waals surface area (Å²) in [5.41, 5.74) is 1.16. The van der Waals surface area contributed by atoms with Gasteiger partial charge in [0.2, 0.25) is 10.0 Å². The minimum atomic E-state index is -3.77. The smallest absolute Gasteiger partial charge is 0.321 e. The Labute approximate surface area is 125 Å². The molecular formula is C14H21NO5S. The van der Waals surface area contributed by atoms with Crippen LogP contribution in [0.2, 0.25) is 0 Å². The van der Waals surface area contributed by atoms with Crippen molar-refractivity contribution in [2.75, 3.05) is 27.3 Å². The molecule has 0 aliphatic carbocycles. The van der Waals surface area contributed by atoms with Crippen molar-refractivity contribution in [3.8, 4) is 5.75 Å². The van der Waals surface area contributed by atoms with E-state index in [9.17, 15) is 13.2 Å². The fourth-order valence-electron chi connectivity index (χ4n) is 2.14. The summed E-state index contributed by atoms with van der Waals surface area (Å²) < 4.78 is 36.2. The molecule has 0 aliphatic rings. The van der Waals surface area contributed by atoms with Crippen LogP contribution in [0, 0.1) is 13.8 Å². The number of carbonyl (C=O) groups excluding carboxylic acids is 1. The third-order valence-corrected chi connectivity index (χ3v) is 5.38. The average Bonchev–Trinajstić information content (AvgIpc) is 2.42. The maximum Gasteiger partial charge on any atom is 0.321 e. The first-order chi connectivity index (χ1) is 9.77. The Kier molecular flexibility index (Phi) is 5.74. The highest BCUT2D eigenvalue weighted by Gasteiger charge is 2.29. The topological polar surface area (TPSA) is 72.9 Å². The third-order valence-electron chi connectivity index (χ3n) is 3.15. The van der Waals surface area contributed by atoms with Gasteiger partial charge in [0.15, 0.2) is 0 Å². The van der Waals surface area contributed by atoms with Crippen LogP contribution >= 0.6 is 0 Å². The molecule has 0 aromatic heterocycles. The first kappa shape index (κ1) is 17.5. The predicted molar refractivity (Wildman–Crippen MR) is 78.9 cm³/mol. The summed E-state index contributed by atoms with van der Waals surface area (Å²) in [6.45, 7) is 4.96. The van der Waals surface area contributed by atoms with E-state index in [0.29, 0.717) is 16.9 Å². The maximum atomic E-state index is 12.7. The zero-order valence-corrected chi connectivity index (χ0v) is 13.8. The van der Waals surface area contributed by atoms with Crippen LogP contribution in [0.15, 0.2) is 17.0 Å². The van der Waals surface area contributed by atoms with Crippen molar-refractivity contribution in [2.24, 2.45) is 0 Å². The summed E-state index contributed by atoms with van der Waals surface area (Å²) in [6.07, 6.45) is 0. The number of nitrogens with zero attached hydrogens (tertiary/aromatic N) is 1. The largest absolute Gasteiger partial charge is 0.497 e. The lowest BCUT2D eigenvalue weighted by atomic mass is 10.1. The van der Waals surface area contributed by atoms with Crippen LogP contribution in [0.3, 0.4) is 0 Å². The second-order valence-electron chi connectivity index (χ2n) is 4.60. The molecule has 0 amide bonds. The van der Waals surface area contributed by atoms with Crippen LogP contribution in [0.5, 0.6) is 5.75 Å². The second kappa shape index (κ2) is 6.91. The highest BCUT2D eigenvalue weighted by Crippen LogP contribution is 2.28. The quantitative estimate of drug-likeness (QED) is 0.744. The van der Waals surface area contributed by atoms with Gasteiger partial charge in [0.25, 0.3) is 0 Å². The highest BCUT2D eigenvalue weighted by atomic mass is 32.2. The van der Waals surface area contributed by atoms with Gasteiger partial charge in [-0.25, -0.2) is 8.42 Å². The summed E-state index contributed by atoms with van der Waals surface area (Å²) >= 11 is 0. The molecular weight excluding hydrogens is 294 g/mol. The lowest BCUT2D eigenvalue weighted by Gasteiger charge is -2.22. The maximum absolute atomic E-state index is 12.7. The van der Waals surface area contributed by atoms with Gasteiger partial charge in [0, 0.05) is 6.54 Å². The molecule has 0 radical (unpaired) electrons. The SMILES string of the molecule is CCN(CC(=O)OC)S(=O)(=O)c1c(C)cc(OC)cc1C. The van der Waals surface area contributed by atoms with Crippen LogP contribution in [0.25, 0.3) is 0 Å². The van der Waals surface area contributed by atoms with Crippen molar-refractivity contribution in [1.82, 2.24) is 4.31 Å². The van der Waals surface area contributed by atoms with Crippen LogP contribution < -0.4 is 4.74 Å². The summed E-state index contributed by atoms with van der Waals surface area (Å²) in [4.78, 5) is 11.6. The van der Waals surface area contributed by atoms with Crippen molar-refractivity contribution in [3.63, 3.8) is 0 Å². The van der Waals surface area contributed by atoms with E-state index in [1.807, 2.05) is 0 Å². The minimum absolute atomic E-state index is 0.183. The molecule has 0 fully saturated rings. The van der Waals surface area contributed by atoms with E-state index in [4.69, 9.17) is 4.74 Å². The van der Waals surface area contributed by atoms with E-state index < -0.39 is 16.0 Å². The fraction of sp³-hybridized carbons (Fsp3) is 0.500. The molecule has 0 saturated carbocycles. The number of likely N-dealkylation sites (N-methyl/N-ethyl adjacent to an activating group) is 1. The molecule has 118 valence electrons. The molecule has 21 heavy (non-hydrogen) atoms. The van der Waals surface area contributed by atoms with Gasteiger partial charge in [-0.2, -0.15) is 4.31 Å². The van der Waals surface area contributed by atoms with Crippen LogP contribution in [0.1, 0.15) is 18.1 Å². The Morgan fingerprint density at radius 1 is 1.19 bits per heavy atom. The number of rotatable bonds is 6. The van der Waals surface area contributed by atoms with E-state index in [-0.39, 0.29) is 18.0 Å². The number of hydrogen-bond donors (Lipinski definition) is 0. The van der Waals surface area contributed by atoms with E-state index in [2.05, 4.69) is 4.74 Å². The van der Waals surface area contributed by atoms with Gasteiger partial charge in [-0.3, -0.25) is 4.79 Å². The first-order valence-corrected chi connectivity index (χ1v) is 7.94. The van der Waals surface area contributed by atoms with Crippen LogP contribution in [0.4, 0.5) is 0 Å². The van der Waals surface area contributed by atoms with E-state index in [1.54, 1.807) is 32.9 Å². The molecule has 1 rings (SSSR count). The Bertz CT molecular complexity index is 601. The van der Waals surface area contributed by atoms with E-state index in [0.717, 1.165) is 4.31 Å². The minimum Gasteiger partial charge on any atom is -0.497 e. The zero-order chi connectivity index (χ0) is 16.2. The average molecular weight is 315 g/mol. The molecule has 1 aromatic carbocycles. The number of carbonyl (C=O) groups is 1. The molecule has 0 N–H and O–H groups in total. The van der Waals surface area contributed by atoms with Crippen LogP contribution in [-0.4, -0.2) is 46.0 Å². The Balaban J connectivity index is 3.32. The summed E-state index contributed by atoms with van der Waals surface area (Å²) in [7, 11) is -1.01. The fourth-order valence-corrected chi connectivity index (χ4v) is 3.94. The number of benzene rings is 1. The number of esters is 1. The Morgan fingerprint density at radius 3 is 2.10 bits per heavy atom. The van der Waals surface area contributed by atoms with Gasteiger partial charge in [-0.15, -0.1) is 0 Å². The molecule has 0 heterocycles. The summed E-state index contributed by atoms with van der Waals surface area (Å²) in [5.74, 6) is 0.00390. The number of sulfonamides is 1. The lowest BCUT2D eigenvalue weighted by molar-refractivity contribution is -0.140. The number of aryl methyl sites for hydroxylation is 2. The van der Waals surface area contributed by atoms with Crippen molar-refractivity contribution in [2.45, 2.75) is 25.7 Å². The van der Waals surface area contributed by atoms with E-state index in [1.165, 1.54) is 14.2 Å². The Hall–Kier alpha value is -1.60. The molecule has 0 atom stereocenters. The van der Waals surface area contributed by atoms with Crippen molar-refractivity contribution < 1.29 is 22.7 Å². The number of ether oxygens (including phenoxy) is 2. The van der Waals surface area contributed by atoms with Gasteiger partial charge >= 0.3 is 5.97 Å². The standard InChI is InChI=1S/C14H21NO5S/c1-6-15(9-13(16)20-5)21(17,18)14-10(2)7-12(19-4)8-11(14)3/h7-8H,6,9H2,1-5H3. The zero-order valence-electron chi connectivity index (χ0n) is 13.0. The molecule has 0 saturated heterocycles. The van der Waals surface area contributed by atoms with Crippen molar-refractivity contribution in [3.05, 3.63) is 23.3 Å². The lowest BCUT2D eigenvalue weighted by Crippen LogP contribution is -2.36. The third kappa shape index (κ3) is 3.74. The Morgan fingerprint density at radius 2 is 1.71 bits per heavy atom. The molecule has 0 bridgehead atoms. The summed E-state index contributed by atoms with van der Waals surface area (Å²) in [6, 6.07) is 3.32. The molecule has 0 unspecified atom stereocenters. The van der Waals surface area contributed by atoms with Gasteiger partial charge in [0.05, 0.1) is 19.1 Å². The number of methoxy groups -OCH3 is 2. The molecule has 1 aromatic rings. The van der Waals surface area contributed by atoms with Gasteiger partial charge in [-0.05, 0) is 37.1 Å². The second-order valence-corrected chi connectivity index (χ2v) is 6.47.